The molecule has 0 N–H and O–H groups in total. The fourth-order valence-electron chi connectivity index (χ4n) is 2.06. The van der Waals surface area contributed by atoms with Crippen LogP contribution >= 0.6 is 11.6 Å². The van der Waals surface area contributed by atoms with Crippen molar-refractivity contribution >= 4 is 11.6 Å². The highest BCUT2D eigenvalue weighted by Gasteiger charge is 2.14. The van der Waals surface area contributed by atoms with E-state index in [-0.39, 0.29) is 5.82 Å². The van der Waals surface area contributed by atoms with Crippen LogP contribution in [0.15, 0.2) is 55.1 Å². The van der Waals surface area contributed by atoms with Gasteiger partial charge in [-0.15, -0.1) is 0 Å². The van der Waals surface area contributed by atoms with Crippen LogP contribution in [0.3, 0.4) is 0 Å². The van der Waals surface area contributed by atoms with Gasteiger partial charge in [0.25, 0.3) is 0 Å². The van der Waals surface area contributed by atoms with Gasteiger partial charge in [-0.2, -0.15) is 0 Å². The summed E-state index contributed by atoms with van der Waals surface area (Å²) in [4.78, 5) is 8.29. The molecule has 0 aliphatic heterocycles. The molecule has 0 atom stereocenters. The van der Waals surface area contributed by atoms with E-state index in [1.807, 2.05) is 16.7 Å². The zero-order chi connectivity index (χ0) is 13.9. The number of nitrogens with zero attached hydrogens (tertiary/aromatic N) is 3. The average molecular weight is 288 g/mol. The molecule has 0 amide bonds. The molecule has 2 heterocycles. The summed E-state index contributed by atoms with van der Waals surface area (Å²) < 4.78 is 15.8. The van der Waals surface area contributed by atoms with Crippen molar-refractivity contribution in [2.45, 2.75) is 6.54 Å². The lowest BCUT2D eigenvalue weighted by atomic mass is 10.2. The molecule has 0 aliphatic carbocycles. The van der Waals surface area contributed by atoms with Crippen molar-refractivity contribution in [3.63, 3.8) is 0 Å². The Morgan fingerprint density at radius 1 is 1.15 bits per heavy atom. The van der Waals surface area contributed by atoms with E-state index in [4.69, 9.17) is 11.6 Å². The summed E-state index contributed by atoms with van der Waals surface area (Å²) in [6.07, 6.45) is 6.92. The van der Waals surface area contributed by atoms with E-state index in [1.54, 1.807) is 36.9 Å². The third-order valence-electron chi connectivity index (χ3n) is 2.98. The molecule has 20 heavy (non-hydrogen) atoms. The minimum atomic E-state index is -0.379. The van der Waals surface area contributed by atoms with Gasteiger partial charge >= 0.3 is 0 Å². The largest absolute Gasteiger partial charge is 0.326 e. The molecule has 3 rings (SSSR count). The Kier molecular flexibility index (Phi) is 3.48. The number of halogens is 2. The number of hydrogen-bond donors (Lipinski definition) is 0. The molecule has 100 valence electrons. The van der Waals surface area contributed by atoms with E-state index in [0.717, 1.165) is 5.56 Å². The summed E-state index contributed by atoms with van der Waals surface area (Å²) in [6, 6.07) is 8.44. The highest BCUT2D eigenvalue weighted by molar-refractivity contribution is 6.33. The Balaban J connectivity index is 2.03. The van der Waals surface area contributed by atoms with Gasteiger partial charge in [-0.25, -0.2) is 9.37 Å². The lowest BCUT2D eigenvalue weighted by molar-refractivity contribution is 0.628. The van der Waals surface area contributed by atoms with Gasteiger partial charge in [0.1, 0.15) is 11.6 Å². The van der Waals surface area contributed by atoms with Crippen LogP contribution in [0.5, 0.6) is 0 Å². The van der Waals surface area contributed by atoms with Gasteiger partial charge in [-0.3, -0.25) is 4.98 Å². The van der Waals surface area contributed by atoms with Crippen LogP contribution in [0, 0.1) is 5.82 Å². The second-order valence-corrected chi connectivity index (χ2v) is 4.74. The molecular weight excluding hydrogens is 277 g/mol. The Morgan fingerprint density at radius 2 is 2.05 bits per heavy atom. The molecule has 0 saturated carbocycles. The molecule has 1 aromatic carbocycles. The Morgan fingerprint density at radius 3 is 2.80 bits per heavy atom. The topological polar surface area (TPSA) is 30.7 Å². The number of benzene rings is 1. The van der Waals surface area contributed by atoms with Crippen molar-refractivity contribution in [1.82, 2.24) is 14.5 Å². The normalized spacial score (nSPS) is 10.7. The van der Waals surface area contributed by atoms with E-state index in [1.165, 1.54) is 6.07 Å². The van der Waals surface area contributed by atoms with E-state index < -0.39 is 0 Å². The van der Waals surface area contributed by atoms with Crippen LogP contribution in [0.1, 0.15) is 5.56 Å². The maximum absolute atomic E-state index is 14.0. The van der Waals surface area contributed by atoms with Crippen LogP contribution in [-0.2, 0) is 6.54 Å². The summed E-state index contributed by atoms with van der Waals surface area (Å²) in [6.45, 7) is 0.563. The van der Waals surface area contributed by atoms with Gasteiger partial charge in [0, 0.05) is 24.8 Å². The Bertz CT molecular complexity index is 705. The molecule has 0 bridgehead atoms. The smallest absolute Gasteiger partial charge is 0.144 e. The standard InChI is InChI=1S/C15H11ClFN3/c16-12-4-1-5-13(17)14(12)15-19-7-8-20(15)10-11-3-2-6-18-9-11/h1-9H,10H2. The van der Waals surface area contributed by atoms with E-state index >= 15 is 0 Å². The predicted octanol–water partition coefficient (Wildman–Crippen LogP) is 3.79. The first-order valence-corrected chi connectivity index (χ1v) is 6.48. The Hall–Kier alpha value is -2.20. The third kappa shape index (κ3) is 2.42. The van der Waals surface area contributed by atoms with Gasteiger partial charge in [-0.05, 0) is 23.8 Å². The average Bonchev–Trinajstić information content (AvgIpc) is 2.88. The zero-order valence-corrected chi connectivity index (χ0v) is 11.3. The summed E-state index contributed by atoms with van der Waals surface area (Å²) in [5, 5.41) is 0.351. The van der Waals surface area contributed by atoms with Crippen molar-refractivity contribution in [1.29, 1.82) is 0 Å². The molecule has 0 unspecified atom stereocenters. The molecule has 0 spiro atoms. The first-order chi connectivity index (χ1) is 9.75. The molecule has 2 aromatic heterocycles. The fraction of sp³-hybridized carbons (Fsp3) is 0.0667. The summed E-state index contributed by atoms with van der Waals surface area (Å²) in [5.41, 5.74) is 1.34. The number of imidazole rings is 1. The lowest BCUT2D eigenvalue weighted by Gasteiger charge is -2.09. The molecule has 3 aromatic rings. The second kappa shape index (κ2) is 5.43. The van der Waals surface area contributed by atoms with Crippen molar-refractivity contribution in [3.05, 3.63) is 71.5 Å². The van der Waals surface area contributed by atoms with Gasteiger partial charge in [0.05, 0.1) is 17.1 Å². The number of pyridine rings is 1. The third-order valence-corrected chi connectivity index (χ3v) is 3.29. The van der Waals surface area contributed by atoms with Gasteiger partial charge in [0.2, 0.25) is 0 Å². The maximum Gasteiger partial charge on any atom is 0.144 e. The highest BCUT2D eigenvalue weighted by Crippen LogP contribution is 2.29. The van der Waals surface area contributed by atoms with Gasteiger partial charge in [-0.1, -0.05) is 23.7 Å². The highest BCUT2D eigenvalue weighted by atomic mass is 35.5. The molecular formula is C15H11ClFN3. The van der Waals surface area contributed by atoms with Crippen molar-refractivity contribution in [3.8, 4) is 11.4 Å². The number of hydrogen-bond acceptors (Lipinski definition) is 2. The van der Waals surface area contributed by atoms with Crippen LogP contribution < -0.4 is 0 Å². The van der Waals surface area contributed by atoms with Gasteiger partial charge in [0.15, 0.2) is 0 Å². The molecule has 0 radical (unpaired) electrons. The zero-order valence-electron chi connectivity index (χ0n) is 10.5. The van der Waals surface area contributed by atoms with Crippen LogP contribution in [0.25, 0.3) is 11.4 Å². The quantitative estimate of drug-likeness (QED) is 0.734. The fourth-order valence-corrected chi connectivity index (χ4v) is 2.31. The first-order valence-electron chi connectivity index (χ1n) is 6.10. The molecule has 3 nitrogen and oxygen atoms in total. The van der Waals surface area contributed by atoms with Crippen molar-refractivity contribution in [2.75, 3.05) is 0 Å². The van der Waals surface area contributed by atoms with E-state index in [0.29, 0.717) is 23.0 Å². The first kappa shape index (κ1) is 12.8. The number of rotatable bonds is 3. The summed E-state index contributed by atoms with van der Waals surface area (Å²) >= 11 is 6.09. The van der Waals surface area contributed by atoms with Crippen LogP contribution in [0.4, 0.5) is 4.39 Å². The van der Waals surface area contributed by atoms with Crippen molar-refractivity contribution < 1.29 is 4.39 Å². The van der Waals surface area contributed by atoms with Crippen LogP contribution in [-0.4, -0.2) is 14.5 Å². The molecule has 0 saturated heterocycles. The van der Waals surface area contributed by atoms with Crippen LogP contribution in [0.2, 0.25) is 5.02 Å². The number of aromatic nitrogens is 3. The minimum Gasteiger partial charge on any atom is -0.326 e. The minimum absolute atomic E-state index is 0.322. The molecule has 0 aliphatic rings. The SMILES string of the molecule is Fc1cccc(Cl)c1-c1nccn1Cc1cccnc1. The van der Waals surface area contributed by atoms with Crippen molar-refractivity contribution in [2.24, 2.45) is 0 Å². The summed E-state index contributed by atoms with van der Waals surface area (Å²) in [7, 11) is 0. The summed E-state index contributed by atoms with van der Waals surface area (Å²) in [5.74, 6) is 0.132. The second-order valence-electron chi connectivity index (χ2n) is 4.34. The van der Waals surface area contributed by atoms with E-state index in [9.17, 15) is 4.39 Å². The predicted molar refractivity (Wildman–Crippen MR) is 76.0 cm³/mol. The monoisotopic (exact) mass is 287 g/mol. The maximum atomic E-state index is 14.0. The molecule has 5 heteroatoms. The lowest BCUT2D eigenvalue weighted by Crippen LogP contribution is -2.02. The molecule has 0 fully saturated rings. The van der Waals surface area contributed by atoms with Gasteiger partial charge < -0.3 is 4.57 Å². The van der Waals surface area contributed by atoms with E-state index in [2.05, 4.69) is 9.97 Å². The Labute approximate surface area is 120 Å².